The van der Waals surface area contributed by atoms with E-state index >= 15 is 0 Å². The lowest BCUT2D eigenvalue weighted by molar-refractivity contribution is 0.217. The highest BCUT2D eigenvalue weighted by Gasteiger charge is 2.25. The van der Waals surface area contributed by atoms with Gasteiger partial charge in [0.2, 0.25) is 5.88 Å². The normalized spacial score (nSPS) is 19.9. The average molecular weight is 352 g/mol. The van der Waals surface area contributed by atoms with Crippen LogP contribution in [0.15, 0.2) is 24.5 Å². The first kappa shape index (κ1) is 15.2. The summed E-state index contributed by atoms with van der Waals surface area (Å²) in [5, 5.41) is 4.53. The van der Waals surface area contributed by atoms with Crippen molar-refractivity contribution in [2.45, 2.75) is 38.2 Å². The quantitative estimate of drug-likeness (QED) is 0.783. The number of aryl methyl sites for hydroxylation is 2. The van der Waals surface area contributed by atoms with Crippen molar-refractivity contribution in [1.82, 2.24) is 20.3 Å². The third kappa shape index (κ3) is 2.79. The third-order valence-electron chi connectivity index (χ3n) is 5.01. The van der Waals surface area contributed by atoms with Crippen LogP contribution in [-0.4, -0.2) is 34.1 Å². The monoisotopic (exact) mass is 352 g/mol. The van der Waals surface area contributed by atoms with Crippen LogP contribution in [0.4, 0.5) is 0 Å². The second-order valence-corrected chi connectivity index (χ2v) is 7.80. The molecule has 25 heavy (non-hydrogen) atoms. The van der Waals surface area contributed by atoms with Crippen LogP contribution in [0, 0.1) is 0 Å². The molecule has 5 nitrogen and oxygen atoms in total. The van der Waals surface area contributed by atoms with Crippen molar-refractivity contribution in [3.63, 3.8) is 0 Å². The molecular weight excluding hydrogens is 332 g/mol. The van der Waals surface area contributed by atoms with E-state index in [2.05, 4.69) is 10.3 Å². The number of hydrogen-bond acceptors (Lipinski definition) is 6. The second kappa shape index (κ2) is 6.35. The van der Waals surface area contributed by atoms with Gasteiger partial charge < -0.3 is 10.1 Å². The Labute approximate surface area is 150 Å². The second-order valence-electron chi connectivity index (χ2n) is 6.71. The number of pyridine rings is 1. The van der Waals surface area contributed by atoms with Crippen molar-refractivity contribution in [2.75, 3.05) is 13.1 Å². The first-order chi connectivity index (χ1) is 12.4. The van der Waals surface area contributed by atoms with E-state index in [-0.39, 0.29) is 6.10 Å². The number of nitrogens with one attached hydrogen (secondary N) is 1. The Morgan fingerprint density at radius 1 is 1.12 bits per heavy atom. The molecule has 1 atom stereocenters. The van der Waals surface area contributed by atoms with Gasteiger partial charge in [0.05, 0.1) is 5.39 Å². The lowest BCUT2D eigenvalue weighted by atomic mass is 9.97. The molecule has 5 rings (SSSR count). The van der Waals surface area contributed by atoms with Crippen molar-refractivity contribution in [1.29, 1.82) is 0 Å². The van der Waals surface area contributed by atoms with Crippen LogP contribution < -0.4 is 10.1 Å². The summed E-state index contributed by atoms with van der Waals surface area (Å²) in [5.74, 6) is 1.50. The first-order valence-corrected chi connectivity index (χ1v) is 9.80. The maximum absolute atomic E-state index is 6.35. The minimum absolute atomic E-state index is 0.197. The summed E-state index contributed by atoms with van der Waals surface area (Å²) in [6, 6.07) is 3.91. The Bertz CT molecular complexity index is 903. The summed E-state index contributed by atoms with van der Waals surface area (Å²) in [5.41, 5.74) is 2.41. The first-order valence-electron chi connectivity index (χ1n) is 8.98. The Kier molecular flexibility index (Phi) is 3.87. The van der Waals surface area contributed by atoms with Gasteiger partial charge in [-0.2, -0.15) is 4.98 Å². The lowest BCUT2D eigenvalue weighted by Crippen LogP contribution is -2.20. The topological polar surface area (TPSA) is 59.9 Å². The standard InChI is InChI=1S/C19H20N4OS/c1-2-4-15-14(3-1)16-18(24-13-7-10-21-11-13)22-17(23-19(16)25-15)12-5-8-20-9-6-12/h5-6,8-9,13,21H,1-4,7,10-11H2. The molecule has 0 saturated carbocycles. The maximum atomic E-state index is 6.35. The molecule has 1 N–H and O–H groups in total. The van der Waals surface area contributed by atoms with Crippen molar-refractivity contribution in [3.8, 4) is 17.3 Å². The van der Waals surface area contributed by atoms with Crippen LogP contribution >= 0.6 is 11.3 Å². The fourth-order valence-corrected chi connectivity index (χ4v) is 4.98. The Morgan fingerprint density at radius 2 is 2.00 bits per heavy atom. The van der Waals surface area contributed by atoms with E-state index in [9.17, 15) is 0 Å². The predicted molar refractivity (Wildman–Crippen MR) is 99.2 cm³/mol. The SMILES string of the molecule is c1cc(-c2nc(OC3CCNC3)c3c4c(sc3n2)CCCC4)ccn1. The number of rotatable bonds is 3. The smallest absolute Gasteiger partial charge is 0.226 e. The van der Waals surface area contributed by atoms with E-state index < -0.39 is 0 Å². The Morgan fingerprint density at radius 3 is 2.84 bits per heavy atom. The van der Waals surface area contributed by atoms with E-state index in [0.29, 0.717) is 0 Å². The zero-order valence-corrected chi connectivity index (χ0v) is 14.8. The maximum Gasteiger partial charge on any atom is 0.226 e. The molecule has 0 bridgehead atoms. The highest BCUT2D eigenvalue weighted by molar-refractivity contribution is 7.18. The molecule has 1 saturated heterocycles. The molecule has 6 heteroatoms. The van der Waals surface area contributed by atoms with Crippen LogP contribution in [0.2, 0.25) is 0 Å². The van der Waals surface area contributed by atoms with Crippen LogP contribution in [0.1, 0.15) is 29.7 Å². The fourth-order valence-electron chi connectivity index (χ4n) is 3.73. The molecule has 1 fully saturated rings. The van der Waals surface area contributed by atoms with Crippen molar-refractivity contribution in [2.24, 2.45) is 0 Å². The molecule has 4 heterocycles. The van der Waals surface area contributed by atoms with Crippen molar-refractivity contribution >= 4 is 21.6 Å². The lowest BCUT2D eigenvalue weighted by Gasteiger charge is -2.15. The summed E-state index contributed by atoms with van der Waals surface area (Å²) in [4.78, 5) is 16.3. The number of ether oxygens (including phenoxy) is 1. The van der Waals surface area contributed by atoms with Gasteiger partial charge in [-0.15, -0.1) is 11.3 Å². The van der Waals surface area contributed by atoms with Crippen LogP contribution in [-0.2, 0) is 12.8 Å². The molecule has 1 aliphatic carbocycles. The van der Waals surface area contributed by atoms with Gasteiger partial charge in [-0.3, -0.25) is 4.98 Å². The van der Waals surface area contributed by atoms with Crippen LogP contribution in [0.5, 0.6) is 5.88 Å². The summed E-state index contributed by atoms with van der Waals surface area (Å²) in [6.07, 6.45) is 9.58. The minimum Gasteiger partial charge on any atom is -0.472 e. The summed E-state index contributed by atoms with van der Waals surface area (Å²) < 4.78 is 6.35. The molecule has 0 amide bonds. The molecule has 1 unspecified atom stereocenters. The largest absolute Gasteiger partial charge is 0.472 e. The van der Waals surface area contributed by atoms with E-state index in [0.717, 1.165) is 59.8 Å². The zero-order chi connectivity index (χ0) is 16.6. The number of nitrogens with zero attached hydrogens (tertiary/aromatic N) is 3. The molecule has 128 valence electrons. The Balaban J connectivity index is 1.67. The summed E-state index contributed by atoms with van der Waals surface area (Å²) in [7, 11) is 0. The number of fused-ring (bicyclic) bond motifs is 3. The number of thiophene rings is 1. The molecule has 2 aliphatic rings. The van der Waals surface area contributed by atoms with Crippen LogP contribution in [0.3, 0.4) is 0 Å². The van der Waals surface area contributed by atoms with E-state index in [1.54, 1.807) is 12.4 Å². The molecule has 1 aliphatic heterocycles. The van der Waals surface area contributed by atoms with Gasteiger partial charge in [0.1, 0.15) is 10.9 Å². The summed E-state index contributed by atoms with van der Waals surface area (Å²) >= 11 is 1.82. The van der Waals surface area contributed by atoms with Gasteiger partial charge in [-0.25, -0.2) is 4.98 Å². The van der Waals surface area contributed by atoms with E-state index in [1.165, 1.54) is 23.3 Å². The van der Waals surface area contributed by atoms with Gasteiger partial charge in [-0.1, -0.05) is 0 Å². The average Bonchev–Trinajstić information content (AvgIpc) is 3.29. The van der Waals surface area contributed by atoms with E-state index in [4.69, 9.17) is 14.7 Å². The highest BCUT2D eigenvalue weighted by Crippen LogP contribution is 2.40. The number of hydrogen-bond donors (Lipinski definition) is 1. The van der Waals surface area contributed by atoms with Gasteiger partial charge in [-0.05, 0) is 56.3 Å². The molecule has 0 spiro atoms. The molecule has 3 aromatic heterocycles. The molecule has 0 radical (unpaired) electrons. The number of aromatic nitrogens is 3. The van der Waals surface area contributed by atoms with Gasteiger partial charge in [0, 0.05) is 29.4 Å². The van der Waals surface area contributed by atoms with E-state index in [1.807, 2.05) is 23.5 Å². The summed E-state index contributed by atoms with van der Waals surface area (Å²) in [6.45, 7) is 1.90. The Hall–Kier alpha value is -2.05. The van der Waals surface area contributed by atoms with Crippen molar-refractivity contribution in [3.05, 3.63) is 35.0 Å². The molecule has 0 aromatic carbocycles. The van der Waals surface area contributed by atoms with Crippen LogP contribution in [0.25, 0.3) is 21.6 Å². The van der Waals surface area contributed by atoms with Gasteiger partial charge >= 0.3 is 0 Å². The van der Waals surface area contributed by atoms with Gasteiger partial charge in [0.25, 0.3) is 0 Å². The molecular formula is C19H20N4OS. The van der Waals surface area contributed by atoms with Gasteiger partial charge in [0.15, 0.2) is 5.82 Å². The highest BCUT2D eigenvalue weighted by atomic mass is 32.1. The predicted octanol–water partition coefficient (Wildman–Crippen LogP) is 3.37. The third-order valence-corrected chi connectivity index (χ3v) is 6.20. The molecule has 3 aromatic rings. The fraction of sp³-hybridized carbons (Fsp3) is 0.421. The van der Waals surface area contributed by atoms with Crippen molar-refractivity contribution < 1.29 is 4.74 Å². The zero-order valence-electron chi connectivity index (χ0n) is 14.0. The minimum atomic E-state index is 0.197.